The minimum absolute atomic E-state index is 0.0446. The normalized spacial score (nSPS) is 22.2. The minimum Gasteiger partial charge on any atom is -0.357 e. The Bertz CT molecular complexity index is 453. The highest BCUT2D eigenvalue weighted by atomic mass is 32.2. The Morgan fingerprint density at radius 2 is 2.30 bits per heavy atom. The van der Waals surface area contributed by atoms with Gasteiger partial charge in [0, 0.05) is 37.5 Å². The maximum absolute atomic E-state index is 11.9. The van der Waals surface area contributed by atoms with E-state index in [2.05, 4.69) is 32.7 Å². The van der Waals surface area contributed by atoms with E-state index in [9.17, 15) is 4.79 Å². The second kappa shape index (κ2) is 6.45. The topological polar surface area (TPSA) is 57.3 Å². The van der Waals surface area contributed by atoms with E-state index >= 15 is 0 Å². The zero-order chi connectivity index (χ0) is 13.8. The van der Waals surface area contributed by atoms with Crippen LogP contribution in [0.1, 0.15) is 18.4 Å². The second-order valence-electron chi connectivity index (χ2n) is 5.21. The molecule has 2 N–H and O–H groups in total. The van der Waals surface area contributed by atoms with Crippen molar-refractivity contribution in [1.82, 2.24) is 15.6 Å². The Hall–Kier alpha value is -1.27. The molecule has 108 valence electrons. The summed E-state index contributed by atoms with van der Waals surface area (Å²) in [5.41, 5.74) is 1.05. The lowest BCUT2D eigenvalue weighted by Crippen LogP contribution is -2.41. The molecule has 0 aromatic carbocycles. The number of thioether (sulfide) groups is 1. The molecule has 2 aliphatic rings. The molecule has 6 heteroatoms. The van der Waals surface area contributed by atoms with Gasteiger partial charge in [-0.1, -0.05) is 6.07 Å². The monoisotopic (exact) mass is 292 g/mol. The number of amides is 1. The smallest absolute Gasteiger partial charge is 0.238 e. The van der Waals surface area contributed by atoms with Crippen LogP contribution in [-0.4, -0.2) is 41.7 Å². The van der Waals surface area contributed by atoms with Crippen LogP contribution in [0.2, 0.25) is 0 Å². The molecule has 0 saturated carbocycles. The molecule has 0 unspecified atom stereocenters. The molecule has 3 heterocycles. The maximum Gasteiger partial charge on any atom is 0.238 e. The predicted octanol–water partition coefficient (Wildman–Crippen LogP) is 0.960. The number of carbonyl (C=O) groups excluding carboxylic acids is 1. The number of anilines is 1. The molecule has 5 nitrogen and oxygen atoms in total. The van der Waals surface area contributed by atoms with E-state index in [1.807, 2.05) is 6.20 Å². The number of carbonyl (C=O) groups is 1. The Morgan fingerprint density at radius 1 is 1.45 bits per heavy atom. The zero-order valence-electron chi connectivity index (χ0n) is 11.5. The first kappa shape index (κ1) is 13.7. The average molecular weight is 292 g/mol. The summed E-state index contributed by atoms with van der Waals surface area (Å²) in [6.07, 6.45) is 4.38. The number of aromatic nitrogens is 1. The van der Waals surface area contributed by atoms with Crippen molar-refractivity contribution in [3.05, 3.63) is 23.9 Å². The van der Waals surface area contributed by atoms with Gasteiger partial charge in [-0.05, 0) is 24.5 Å². The molecule has 3 rings (SSSR count). The van der Waals surface area contributed by atoms with E-state index in [4.69, 9.17) is 0 Å². The van der Waals surface area contributed by atoms with Crippen LogP contribution in [0, 0.1) is 0 Å². The summed E-state index contributed by atoms with van der Waals surface area (Å²) in [6.45, 7) is 2.76. The van der Waals surface area contributed by atoms with E-state index in [-0.39, 0.29) is 11.9 Å². The van der Waals surface area contributed by atoms with Crippen LogP contribution in [0.5, 0.6) is 0 Å². The fraction of sp³-hybridized carbons (Fsp3) is 0.571. The largest absolute Gasteiger partial charge is 0.357 e. The first-order chi connectivity index (χ1) is 9.83. The van der Waals surface area contributed by atoms with Gasteiger partial charge in [0.05, 0.1) is 6.04 Å². The highest BCUT2D eigenvalue weighted by Gasteiger charge is 2.21. The van der Waals surface area contributed by atoms with Crippen LogP contribution in [0.15, 0.2) is 18.3 Å². The summed E-state index contributed by atoms with van der Waals surface area (Å²) in [7, 11) is 0. The van der Waals surface area contributed by atoms with E-state index in [0.29, 0.717) is 6.54 Å². The quantitative estimate of drug-likeness (QED) is 0.866. The Kier molecular flexibility index (Phi) is 4.42. The van der Waals surface area contributed by atoms with Crippen molar-refractivity contribution in [1.29, 1.82) is 0 Å². The van der Waals surface area contributed by atoms with Gasteiger partial charge in [0.15, 0.2) is 0 Å². The van der Waals surface area contributed by atoms with E-state index in [1.54, 1.807) is 11.8 Å². The first-order valence-corrected chi connectivity index (χ1v) is 8.27. The molecule has 0 radical (unpaired) electrons. The van der Waals surface area contributed by atoms with Crippen LogP contribution in [0.4, 0.5) is 5.82 Å². The van der Waals surface area contributed by atoms with Crippen molar-refractivity contribution in [2.45, 2.75) is 25.4 Å². The predicted molar refractivity (Wildman–Crippen MR) is 81.8 cm³/mol. The zero-order valence-corrected chi connectivity index (χ0v) is 12.3. The van der Waals surface area contributed by atoms with Gasteiger partial charge in [-0.15, -0.1) is 11.8 Å². The van der Waals surface area contributed by atoms with Crippen LogP contribution in [-0.2, 0) is 11.3 Å². The molecule has 0 aliphatic carbocycles. The fourth-order valence-electron chi connectivity index (χ4n) is 2.53. The van der Waals surface area contributed by atoms with Crippen molar-refractivity contribution < 1.29 is 4.79 Å². The van der Waals surface area contributed by atoms with Crippen LogP contribution >= 0.6 is 11.8 Å². The van der Waals surface area contributed by atoms with Gasteiger partial charge in [-0.25, -0.2) is 4.98 Å². The van der Waals surface area contributed by atoms with Crippen molar-refractivity contribution in [3.8, 4) is 0 Å². The lowest BCUT2D eigenvalue weighted by molar-refractivity contribution is -0.122. The first-order valence-electron chi connectivity index (χ1n) is 7.11. The number of nitrogens with one attached hydrogen (secondary N) is 2. The van der Waals surface area contributed by atoms with Crippen LogP contribution in [0.25, 0.3) is 0 Å². The third kappa shape index (κ3) is 3.24. The van der Waals surface area contributed by atoms with Crippen molar-refractivity contribution >= 4 is 23.5 Å². The molecule has 1 aromatic rings. The molecule has 2 fully saturated rings. The summed E-state index contributed by atoms with van der Waals surface area (Å²) in [4.78, 5) is 18.7. The molecule has 0 bridgehead atoms. The van der Waals surface area contributed by atoms with Crippen LogP contribution in [0.3, 0.4) is 0 Å². The molecule has 20 heavy (non-hydrogen) atoms. The van der Waals surface area contributed by atoms with E-state index in [0.717, 1.165) is 36.1 Å². The van der Waals surface area contributed by atoms with Gasteiger partial charge in [0.1, 0.15) is 5.82 Å². The Morgan fingerprint density at radius 3 is 2.95 bits per heavy atom. The Labute approximate surface area is 123 Å². The number of nitrogens with zero attached hydrogens (tertiary/aromatic N) is 2. The lowest BCUT2D eigenvalue weighted by Gasteiger charge is -2.16. The molecular weight excluding hydrogens is 272 g/mol. The highest BCUT2D eigenvalue weighted by molar-refractivity contribution is 7.99. The Balaban J connectivity index is 1.51. The minimum atomic E-state index is -0.0446. The number of hydrogen-bond acceptors (Lipinski definition) is 5. The molecule has 0 spiro atoms. The molecule has 2 saturated heterocycles. The van der Waals surface area contributed by atoms with Gasteiger partial charge in [-0.3, -0.25) is 10.1 Å². The fourth-order valence-corrected chi connectivity index (χ4v) is 3.47. The van der Waals surface area contributed by atoms with E-state index < -0.39 is 0 Å². The lowest BCUT2D eigenvalue weighted by atomic mass is 10.2. The van der Waals surface area contributed by atoms with Crippen molar-refractivity contribution in [2.75, 3.05) is 29.6 Å². The van der Waals surface area contributed by atoms with Crippen molar-refractivity contribution in [2.24, 2.45) is 0 Å². The summed E-state index contributed by atoms with van der Waals surface area (Å²) in [5, 5.41) is 6.13. The van der Waals surface area contributed by atoms with Crippen LogP contribution < -0.4 is 15.5 Å². The summed E-state index contributed by atoms with van der Waals surface area (Å²) < 4.78 is 0. The number of rotatable bonds is 4. The SMILES string of the molecule is O=C(NCc1ccc(N2CCCC2)nc1)[C@H]1CSCN1. The molecule has 1 atom stereocenters. The standard InChI is InChI=1S/C14H20N4OS/c19-14(12-9-20-10-17-12)16-8-11-3-4-13(15-7-11)18-5-1-2-6-18/h3-4,7,12,17H,1-2,5-6,8-10H2,(H,16,19)/t12-/m1/s1. The molecular formula is C14H20N4OS. The van der Waals surface area contributed by atoms with Crippen molar-refractivity contribution in [3.63, 3.8) is 0 Å². The second-order valence-corrected chi connectivity index (χ2v) is 6.24. The summed E-state index contributed by atoms with van der Waals surface area (Å²) >= 11 is 1.76. The number of pyridine rings is 1. The average Bonchev–Trinajstić information content (AvgIpc) is 3.18. The van der Waals surface area contributed by atoms with Gasteiger partial charge in [-0.2, -0.15) is 0 Å². The third-order valence-electron chi connectivity index (χ3n) is 3.74. The summed E-state index contributed by atoms with van der Waals surface area (Å²) in [6, 6.07) is 4.06. The summed E-state index contributed by atoms with van der Waals surface area (Å²) in [5.74, 6) is 2.85. The van der Waals surface area contributed by atoms with Gasteiger partial charge in [0.25, 0.3) is 0 Å². The van der Waals surface area contributed by atoms with E-state index in [1.165, 1.54) is 12.8 Å². The number of hydrogen-bond donors (Lipinski definition) is 2. The third-order valence-corrected chi connectivity index (χ3v) is 4.68. The maximum atomic E-state index is 11.9. The van der Waals surface area contributed by atoms with Gasteiger partial charge >= 0.3 is 0 Å². The highest BCUT2D eigenvalue weighted by Crippen LogP contribution is 2.17. The van der Waals surface area contributed by atoms with Gasteiger partial charge in [0.2, 0.25) is 5.91 Å². The molecule has 1 aromatic heterocycles. The molecule has 2 aliphatic heterocycles. The molecule has 1 amide bonds. The van der Waals surface area contributed by atoms with Gasteiger partial charge < -0.3 is 10.2 Å².